The van der Waals surface area contributed by atoms with Crippen molar-refractivity contribution in [1.29, 1.82) is 0 Å². The minimum Gasteiger partial charge on any atom is -0.374 e. The highest BCUT2D eigenvalue weighted by atomic mass is 16.5. The number of unbranched alkanes of at least 4 members (excludes halogenated alkanes) is 2. The van der Waals surface area contributed by atoms with Crippen molar-refractivity contribution in [3.63, 3.8) is 0 Å². The van der Waals surface area contributed by atoms with E-state index in [1.807, 2.05) is 7.05 Å². The normalized spacial score (nSPS) is 21.0. The summed E-state index contributed by atoms with van der Waals surface area (Å²) >= 11 is 0. The maximum absolute atomic E-state index is 5.77. The highest BCUT2D eigenvalue weighted by molar-refractivity contribution is 5.79. The molecule has 0 aliphatic carbocycles. The molecule has 0 aromatic carbocycles. The van der Waals surface area contributed by atoms with Gasteiger partial charge in [0.1, 0.15) is 0 Å². The maximum atomic E-state index is 5.77. The monoisotopic (exact) mass is 312 g/mol. The molecule has 0 aromatic heterocycles. The summed E-state index contributed by atoms with van der Waals surface area (Å²) in [5, 5.41) is 6.84. The first-order chi connectivity index (χ1) is 10.5. The Balaban J connectivity index is 2.26. The van der Waals surface area contributed by atoms with Gasteiger partial charge < -0.3 is 20.3 Å². The molecule has 0 saturated carbocycles. The highest BCUT2D eigenvalue weighted by Crippen LogP contribution is 2.22. The molecule has 130 valence electrons. The molecule has 22 heavy (non-hydrogen) atoms. The molecule has 0 bridgehead atoms. The zero-order valence-electron chi connectivity index (χ0n) is 15.2. The van der Waals surface area contributed by atoms with Crippen molar-refractivity contribution in [2.75, 3.05) is 46.9 Å². The first kappa shape index (κ1) is 19.2. The van der Waals surface area contributed by atoms with E-state index in [0.717, 1.165) is 38.7 Å². The topological polar surface area (TPSA) is 48.9 Å². The fraction of sp³-hybridized carbons (Fsp3) is 0.941. The molecule has 0 aromatic rings. The Morgan fingerprint density at radius 2 is 2.09 bits per heavy atom. The molecule has 5 nitrogen and oxygen atoms in total. The van der Waals surface area contributed by atoms with Gasteiger partial charge in [0, 0.05) is 33.2 Å². The van der Waals surface area contributed by atoms with Crippen LogP contribution >= 0.6 is 0 Å². The lowest BCUT2D eigenvalue weighted by atomic mass is 9.87. The molecule has 5 heteroatoms. The third-order valence-corrected chi connectivity index (χ3v) is 4.25. The van der Waals surface area contributed by atoms with Crippen molar-refractivity contribution in [1.82, 2.24) is 15.5 Å². The van der Waals surface area contributed by atoms with Crippen LogP contribution in [-0.4, -0.2) is 63.8 Å². The number of aliphatic imine (C=N–C) groups is 1. The molecule has 1 heterocycles. The van der Waals surface area contributed by atoms with Gasteiger partial charge >= 0.3 is 0 Å². The molecule has 0 radical (unpaired) electrons. The van der Waals surface area contributed by atoms with E-state index in [1.165, 1.54) is 25.7 Å². The molecule has 1 rings (SSSR count). The summed E-state index contributed by atoms with van der Waals surface area (Å²) in [5.74, 6) is 0.875. The predicted molar refractivity (Wildman–Crippen MR) is 94.5 cm³/mol. The summed E-state index contributed by atoms with van der Waals surface area (Å²) in [6, 6.07) is 0. The second-order valence-corrected chi connectivity index (χ2v) is 7.18. The van der Waals surface area contributed by atoms with Crippen LogP contribution in [0.1, 0.15) is 46.5 Å². The van der Waals surface area contributed by atoms with E-state index in [4.69, 9.17) is 4.74 Å². The molecule has 0 amide bonds. The summed E-state index contributed by atoms with van der Waals surface area (Å²) in [6.45, 7) is 11.5. The Hall–Kier alpha value is -0.810. The van der Waals surface area contributed by atoms with Crippen molar-refractivity contribution < 1.29 is 4.74 Å². The van der Waals surface area contributed by atoms with Gasteiger partial charge in [0.15, 0.2) is 5.96 Å². The number of morpholine rings is 1. The number of nitrogens with one attached hydrogen (secondary N) is 2. The van der Waals surface area contributed by atoms with Gasteiger partial charge in [-0.3, -0.25) is 4.99 Å². The van der Waals surface area contributed by atoms with Gasteiger partial charge in [-0.2, -0.15) is 0 Å². The Morgan fingerprint density at radius 3 is 2.73 bits per heavy atom. The summed E-state index contributed by atoms with van der Waals surface area (Å²) in [4.78, 5) is 6.62. The molecule has 1 saturated heterocycles. The smallest absolute Gasteiger partial charge is 0.191 e. The molecule has 2 N–H and O–H groups in total. The fourth-order valence-corrected chi connectivity index (χ4v) is 2.69. The summed E-state index contributed by atoms with van der Waals surface area (Å²) in [6.07, 6.45) is 5.40. The van der Waals surface area contributed by atoms with E-state index in [-0.39, 0.29) is 6.10 Å². The van der Waals surface area contributed by atoms with Crippen LogP contribution in [0.2, 0.25) is 0 Å². The molecular weight excluding hydrogens is 276 g/mol. The summed E-state index contributed by atoms with van der Waals surface area (Å²) in [5.41, 5.74) is 0.300. The average molecular weight is 313 g/mol. The van der Waals surface area contributed by atoms with Crippen LogP contribution in [0.25, 0.3) is 0 Å². The van der Waals surface area contributed by atoms with Gasteiger partial charge in [0.25, 0.3) is 0 Å². The number of rotatable bonds is 8. The van der Waals surface area contributed by atoms with Gasteiger partial charge in [0.05, 0.1) is 12.7 Å². The van der Waals surface area contributed by atoms with Gasteiger partial charge in [-0.05, 0) is 18.9 Å². The van der Waals surface area contributed by atoms with Crippen LogP contribution in [0.3, 0.4) is 0 Å². The lowest BCUT2D eigenvalue weighted by Gasteiger charge is -2.31. The van der Waals surface area contributed by atoms with Crippen molar-refractivity contribution >= 4 is 5.96 Å². The van der Waals surface area contributed by atoms with Gasteiger partial charge in [-0.25, -0.2) is 0 Å². The molecule has 1 unspecified atom stereocenters. The first-order valence-corrected chi connectivity index (χ1v) is 8.71. The highest BCUT2D eigenvalue weighted by Gasteiger charge is 2.20. The van der Waals surface area contributed by atoms with Crippen molar-refractivity contribution in [3.8, 4) is 0 Å². The minimum absolute atomic E-state index is 0.245. The predicted octanol–water partition coefficient (Wildman–Crippen LogP) is 2.09. The van der Waals surface area contributed by atoms with Crippen LogP contribution < -0.4 is 10.6 Å². The molecular formula is C17H36N4O. The van der Waals surface area contributed by atoms with E-state index in [2.05, 4.69) is 48.3 Å². The largest absolute Gasteiger partial charge is 0.374 e. The molecule has 1 atom stereocenters. The number of likely N-dealkylation sites (N-methyl/N-ethyl adjacent to an activating group) is 1. The Kier molecular flexibility index (Phi) is 8.79. The van der Waals surface area contributed by atoms with Gasteiger partial charge in [-0.1, -0.05) is 40.0 Å². The Bertz CT molecular complexity index is 331. The zero-order chi connectivity index (χ0) is 16.4. The van der Waals surface area contributed by atoms with Crippen molar-refractivity contribution in [2.24, 2.45) is 10.4 Å². The standard InChI is InChI=1S/C17H36N4O/c1-6-7-8-9-17(2,3)14-20-16(18-4)19-12-15-13-21(5)10-11-22-15/h15H,6-14H2,1-5H3,(H2,18,19,20). The van der Waals surface area contributed by atoms with Crippen LogP contribution in [0, 0.1) is 5.41 Å². The third-order valence-electron chi connectivity index (χ3n) is 4.25. The minimum atomic E-state index is 0.245. The Labute approximate surface area is 136 Å². The van der Waals surface area contributed by atoms with Crippen molar-refractivity contribution in [2.45, 2.75) is 52.6 Å². The first-order valence-electron chi connectivity index (χ1n) is 8.71. The van der Waals surface area contributed by atoms with Gasteiger partial charge in [0.2, 0.25) is 0 Å². The average Bonchev–Trinajstić information content (AvgIpc) is 2.47. The molecule has 1 fully saturated rings. The molecule has 1 aliphatic rings. The molecule has 1 aliphatic heterocycles. The van der Waals surface area contributed by atoms with E-state index >= 15 is 0 Å². The van der Waals surface area contributed by atoms with Crippen LogP contribution in [0.4, 0.5) is 0 Å². The number of hydrogen-bond acceptors (Lipinski definition) is 3. The number of hydrogen-bond donors (Lipinski definition) is 2. The van der Waals surface area contributed by atoms with Crippen LogP contribution in [0.15, 0.2) is 4.99 Å². The number of ether oxygens (including phenoxy) is 1. The third kappa shape index (κ3) is 7.99. The zero-order valence-corrected chi connectivity index (χ0v) is 15.2. The lowest BCUT2D eigenvalue weighted by Crippen LogP contribution is -2.49. The number of guanidine groups is 1. The van der Waals surface area contributed by atoms with E-state index in [1.54, 1.807) is 0 Å². The fourth-order valence-electron chi connectivity index (χ4n) is 2.69. The second kappa shape index (κ2) is 10.1. The van der Waals surface area contributed by atoms with E-state index in [9.17, 15) is 0 Å². The van der Waals surface area contributed by atoms with Gasteiger partial charge in [-0.15, -0.1) is 0 Å². The summed E-state index contributed by atoms with van der Waals surface area (Å²) in [7, 11) is 3.97. The molecule has 0 spiro atoms. The lowest BCUT2D eigenvalue weighted by molar-refractivity contribution is -0.0161. The van der Waals surface area contributed by atoms with Crippen LogP contribution in [0.5, 0.6) is 0 Å². The second-order valence-electron chi connectivity index (χ2n) is 7.18. The maximum Gasteiger partial charge on any atom is 0.191 e. The van der Waals surface area contributed by atoms with E-state index < -0.39 is 0 Å². The Morgan fingerprint density at radius 1 is 1.32 bits per heavy atom. The van der Waals surface area contributed by atoms with E-state index in [0.29, 0.717) is 5.41 Å². The SMILES string of the molecule is CCCCCC(C)(C)CNC(=NC)NCC1CN(C)CCO1. The quantitative estimate of drug-likeness (QED) is 0.409. The van der Waals surface area contributed by atoms with Crippen LogP contribution in [-0.2, 0) is 4.74 Å². The number of nitrogens with zero attached hydrogens (tertiary/aromatic N) is 2. The van der Waals surface area contributed by atoms with Crippen molar-refractivity contribution in [3.05, 3.63) is 0 Å². The summed E-state index contributed by atoms with van der Waals surface area (Å²) < 4.78 is 5.77.